The van der Waals surface area contributed by atoms with Crippen molar-refractivity contribution in [3.05, 3.63) is 70.8 Å². The van der Waals surface area contributed by atoms with E-state index in [1.807, 2.05) is 0 Å². The number of Topliss-reactive ketones (excluding diaryl/α,β-unsaturated/α-hetero) is 1. The third-order valence-corrected chi connectivity index (χ3v) is 2.85. The predicted octanol–water partition coefficient (Wildman–Crippen LogP) is 4.31. The van der Waals surface area contributed by atoms with E-state index < -0.39 is 11.7 Å². The smallest absolute Gasteiger partial charge is 0.295 e. The van der Waals surface area contributed by atoms with Crippen LogP contribution in [-0.4, -0.2) is 5.78 Å². The minimum absolute atomic E-state index is 0.0303. The highest BCUT2D eigenvalue weighted by Gasteiger charge is 2.29. The molecule has 0 spiro atoms. The Hall–Kier alpha value is -2.54. The summed E-state index contributed by atoms with van der Waals surface area (Å²) in [6.07, 6.45) is -4.34. The fourth-order valence-electron chi connectivity index (χ4n) is 1.68. The van der Waals surface area contributed by atoms with Crippen LogP contribution in [0.3, 0.4) is 0 Å². The minimum Gasteiger partial charge on any atom is -0.295 e. The summed E-state index contributed by atoms with van der Waals surface area (Å²) in [4.78, 5) is 11.1. The maximum Gasteiger partial charge on any atom is 0.416 e. The Kier molecular flexibility index (Phi) is 4.13. The van der Waals surface area contributed by atoms with Crippen LogP contribution in [0.25, 0.3) is 0 Å². The van der Waals surface area contributed by atoms with Crippen LogP contribution in [0.2, 0.25) is 0 Å². The largest absolute Gasteiger partial charge is 0.416 e. The summed E-state index contributed by atoms with van der Waals surface area (Å²) in [7, 11) is 0. The fourth-order valence-corrected chi connectivity index (χ4v) is 1.68. The number of rotatable bonds is 1. The fraction of sp³-hybridized carbons (Fsp3) is 0.118. The number of carbonyl (C=O) groups excluding carboxylic acids is 1. The van der Waals surface area contributed by atoms with Crippen LogP contribution in [0.15, 0.2) is 48.5 Å². The number of halogens is 3. The lowest BCUT2D eigenvalue weighted by Gasteiger charge is -2.05. The maximum atomic E-state index is 12.4. The van der Waals surface area contributed by atoms with E-state index in [0.29, 0.717) is 16.7 Å². The van der Waals surface area contributed by atoms with Gasteiger partial charge in [0.1, 0.15) is 0 Å². The Labute approximate surface area is 120 Å². The van der Waals surface area contributed by atoms with Crippen molar-refractivity contribution in [2.75, 3.05) is 0 Å². The third-order valence-electron chi connectivity index (χ3n) is 2.85. The molecule has 0 radical (unpaired) electrons. The second-order valence-corrected chi connectivity index (χ2v) is 4.46. The first-order chi connectivity index (χ1) is 9.86. The molecule has 0 aliphatic heterocycles. The van der Waals surface area contributed by atoms with Gasteiger partial charge in [-0.05, 0) is 43.3 Å². The van der Waals surface area contributed by atoms with Gasteiger partial charge in [-0.25, -0.2) is 0 Å². The SMILES string of the molecule is CC(=O)c1ccc(C#Cc2ccc(C(F)(F)F)cc2)cc1. The van der Waals surface area contributed by atoms with Crippen molar-refractivity contribution < 1.29 is 18.0 Å². The zero-order chi connectivity index (χ0) is 15.5. The van der Waals surface area contributed by atoms with E-state index in [2.05, 4.69) is 11.8 Å². The number of hydrogen-bond acceptors (Lipinski definition) is 1. The molecule has 0 unspecified atom stereocenters. The molecule has 0 amide bonds. The first-order valence-electron chi connectivity index (χ1n) is 6.16. The van der Waals surface area contributed by atoms with Gasteiger partial charge in [0, 0.05) is 16.7 Å². The number of carbonyl (C=O) groups is 1. The summed E-state index contributed by atoms with van der Waals surface area (Å²) < 4.78 is 37.2. The van der Waals surface area contributed by atoms with E-state index in [0.717, 1.165) is 12.1 Å². The topological polar surface area (TPSA) is 17.1 Å². The molecule has 0 bridgehead atoms. The van der Waals surface area contributed by atoms with Crippen LogP contribution in [0.1, 0.15) is 34.0 Å². The third kappa shape index (κ3) is 3.96. The zero-order valence-corrected chi connectivity index (χ0v) is 11.2. The number of alkyl halides is 3. The van der Waals surface area contributed by atoms with E-state index in [1.54, 1.807) is 24.3 Å². The standard InChI is InChI=1S/C17H11F3O/c1-12(21)15-8-4-13(5-9-15)2-3-14-6-10-16(11-7-14)17(18,19)20/h4-11H,1H3. The molecule has 0 aromatic heterocycles. The van der Waals surface area contributed by atoms with Crippen LogP contribution in [-0.2, 0) is 6.18 Å². The Morgan fingerprint density at radius 1 is 0.857 bits per heavy atom. The van der Waals surface area contributed by atoms with Crippen LogP contribution in [0, 0.1) is 11.8 Å². The van der Waals surface area contributed by atoms with E-state index in [-0.39, 0.29) is 5.78 Å². The summed E-state index contributed by atoms with van der Waals surface area (Å²) in [5, 5.41) is 0. The van der Waals surface area contributed by atoms with Crippen molar-refractivity contribution in [3.8, 4) is 11.8 Å². The van der Waals surface area contributed by atoms with Gasteiger partial charge in [0.05, 0.1) is 5.56 Å². The monoisotopic (exact) mass is 288 g/mol. The number of benzene rings is 2. The Balaban J connectivity index is 2.17. The van der Waals surface area contributed by atoms with Crippen LogP contribution in [0.5, 0.6) is 0 Å². The van der Waals surface area contributed by atoms with Gasteiger partial charge in [0.15, 0.2) is 5.78 Å². The van der Waals surface area contributed by atoms with E-state index >= 15 is 0 Å². The van der Waals surface area contributed by atoms with E-state index in [4.69, 9.17) is 0 Å². The molecule has 4 heteroatoms. The second kappa shape index (κ2) is 5.84. The Morgan fingerprint density at radius 2 is 1.29 bits per heavy atom. The summed E-state index contributed by atoms with van der Waals surface area (Å²) in [6.45, 7) is 1.48. The quantitative estimate of drug-likeness (QED) is 0.564. The van der Waals surface area contributed by atoms with Crippen molar-refractivity contribution in [2.24, 2.45) is 0 Å². The van der Waals surface area contributed by atoms with Gasteiger partial charge < -0.3 is 0 Å². The molecule has 106 valence electrons. The van der Waals surface area contributed by atoms with Crippen molar-refractivity contribution in [1.82, 2.24) is 0 Å². The van der Waals surface area contributed by atoms with Crippen molar-refractivity contribution >= 4 is 5.78 Å². The van der Waals surface area contributed by atoms with E-state index in [1.165, 1.54) is 19.1 Å². The molecule has 0 aliphatic carbocycles. The Morgan fingerprint density at radius 3 is 1.67 bits per heavy atom. The van der Waals surface area contributed by atoms with Crippen molar-refractivity contribution in [2.45, 2.75) is 13.1 Å². The molecule has 2 aromatic rings. The minimum atomic E-state index is -4.34. The summed E-state index contributed by atoms with van der Waals surface area (Å²) in [5.41, 5.74) is 1.09. The molecule has 2 rings (SSSR count). The van der Waals surface area contributed by atoms with Gasteiger partial charge in [-0.2, -0.15) is 13.2 Å². The van der Waals surface area contributed by atoms with Gasteiger partial charge in [0.25, 0.3) is 0 Å². The highest BCUT2D eigenvalue weighted by molar-refractivity contribution is 5.94. The number of hydrogen-bond donors (Lipinski definition) is 0. The lowest BCUT2D eigenvalue weighted by Crippen LogP contribution is -2.04. The molecule has 0 N–H and O–H groups in total. The summed E-state index contributed by atoms with van der Waals surface area (Å²) in [5.74, 6) is 5.60. The van der Waals surface area contributed by atoms with Gasteiger partial charge in [-0.15, -0.1) is 0 Å². The molecule has 2 aromatic carbocycles. The molecule has 1 nitrogen and oxygen atoms in total. The molecule has 0 heterocycles. The molecular formula is C17H11F3O. The lowest BCUT2D eigenvalue weighted by molar-refractivity contribution is -0.137. The second-order valence-electron chi connectivity index (χ2n) is 4.46. The highest BCUT2D eigenvalue weighted by atomic mass is 19.4. The normalized spacial score (nSPS) is 10.7. The lowest BCUT2D eigenvalue weighted by atomic mass is 10.1. The molecule has 21 heavy (non-hydrogen) atoms. The summed E-state index contributed by atoms with van der Waals surface area (Å²) >= 11 is 0. The van der Waals surface area contributed by atoms with Crippen molar-refractivity contribution in [3.63, 3.8) is 0 Å². The highest BCUT2D eigenvalue weighted by Crippen LogP contribution is 2.28. The molecule has 0 fully saturated rings. The summed E-state index contributed by atoms with van der Waals surface area (Å²) in [6, 6.07) is 11.4. The maximum absolute atomic E-state index is 12.4. The number of ketones is 1. The average Bonchev–Trinajstić information content (AvgIpc) is 2.45. The molecule has 0 atom stereocenters. The molecule has 0 saturated carbocycles. The van der Waals surface area contributed by atoms with Crippen LogP contribution in [0.4, 0.5) is 13.2 Å². The molecule has 0 saturated heterocycles. The van der Waals surface area contributed by atoms with Crippen LogP contribution < -0.4 is 0 Å². The van der Waals surface area contributed by atoms with E-state index in [9.17, 15) is 18.0 Å². The predicted molar refractivity (Wildman–Crippen MR) is 73.9 cm³/mol. The van der Waals surface area contributed by atoms with Crippen LogP contribution >= 0.6 is 0 Å². The van der Waals surface area contributed by atoms with Gasteiger partial charge >= 0.3 is 6.18 Å². The van der Waals surface area contributed by atoms with Gasteiger partial charge in [-0.3, -0.25) is 4.79 Å². The first kappa shape index (κ1) is 14.9. The van der Waals surface area contributed by atoms with Crippen molar-refractivity contribution in [1.29, 1.82) is 0 Å². The Bertz CT molecular complexity index is 699. The average molecular weight is 288 g/mol. The molecule has 0 aliphatic rings. The van der Waals surface area contributed by atoms with Gasteiger partial charge in [-0.1, -0.05) is 24.0 Å². The zero-order valence-electron chi connectivity index (χ0n) is 11.2. The molecular weight excluding hydrogens is 277 g/mol. The first-order valence-corrected chi connectivity index (χ1v) is 6.16. The van der Waals surface area contributed by atoms with Gasteiger partial charge in [0.2, 0.25) is 0 Å².